The number of rotatable bonds is 3. The maximum atomic E-state index is 13.2. The van der Waals surface area contributed by atoms with Crippen molar-refractivity contribution in [3.05, 3.63) is 35.7 Å². The van der Waals surface area contributed by atoms with Crippen LogP contribution in [0, 0.1) is 11.6 Å². The summed E-state index contributed by atoms with van der Waals surface area (Å²) < 4.78 is 31.4. The third-order valence-corrected chi connectivity index (χ3v) is 3.16. The third-order valence-electron chi connectivity index (χ3n) is 3.16. The molecule has 2 heterocycles. The van der Waals surface area contributed by atoms with Crippen LogP contribution in [-0.2, 0) is 6.54 Å². The second kappa shape index (κ2) is 5.64. The van der Waals surface area contributed by atoms with Gasteiger partial charge in [-0.15, -0.1) is 0 Å². The first kappa shape index (κ1) is 13.1. The molecule has 0 atom stereocenters. The molecule has 2 aromatic rings. The average Bonchev–Trinajstić information content (AvgIpc) is 2.87. The van der Waals surface area contributed by atoms with E-state index in [1.54, 1.807) is 0 Å². The summed E-state index contributed by atoms with van der Waals surface area (Å²) in [4.78, 5) is 6.36. The van der Waals surface area contributed by atoms with E-state index in [9.17, 15) is 8.78 Å². The summed E-state index contributed by atoms with van der Waals surface area (Å²) >= 11 is 0. The molecule has 0 aliphatic carbocycles. The van der Waals surface area contributed by atoms with Gasteiger partial charge >= 0.3 is 0 Å². The van der Waals surface area contributed by atoms with Crippen molar-refractivity contribution in [3.8, 4) is 11.4 Å². The molecule has 7 heteroatoms. The number of benzene rings is 1. The van der Waals surface area contributed by atoms with Gasteiger partial charge < -0.3 is 9.84 Å². The van der Waals surface area contributed by atoms with Gasteiger partial charge in [0.25, 0.3) is 0 Å². The Hall–Kier alpha value is -1.86. The maximum absolute atomic E-state index is 13.2. The monoisotopic (exact) mass is 280 g/mol. The van der Waals surface area contributed by atoms with Crippen LogP contribution in [0.15, 0.2) is 22.7 Å². The lowest BCUT2D eigenvalue weighted by Gasteiger charge is -2.25. The highest BCUT2D eigenvalue weighted by Gasteiger charge is 2.15. The van der Waals surface area contributed by atoms with Crippen molar-refractivity contribution in [1.29, 1.82) is 0 Å². The molecule has 1 aliphatic heterocycles. The van der Waals surface area contributed by atoms with E-state index in [2.05, 4.69) is 20.4 Å². The van der Waals surface area contributed by atoms with Gasteiger partial charge in [-0.05, 0) is 12.1 Å². The van der Waals surface area contributed by atoms with Crippen LogP contribution in [0.3, 0.4) is 0 Å². The summed E-state index contributed by atoms with van der Waals surface area (Å²) in [5, 5.41) is 7.02. The number of piperazine rings is 1. The van der Waals surface area contributed by atoms with Gasteiger partial charge in [0, 0.05) is 37.8 Å². The predicted octanol–water partition coefficient (Wildman–Crippen LogP) is 1.42. The Morgan fingerprint density at radius 3 is 2.55 bits per heavy atom. The molecule has 1 aliphatic rings. The van der Waals surface area contributed by atoms with E-state index in [1.807, 2.05) is 0 Å². The molecular formula is C13H14F2N4O. The molecule has 1 N–H and O–H groups in total. The van der Waals surface area contributed by atoms with Gasteiger partial charge in [0.1, 0.15) is 11.6 Å². The number of hydrogen-bond donors (Lipinski definition) is 1. The van der Waals surface area contributed by atoms with Crippen molar-refractivity contribution in [3.63, 3.8) is 0 Å². The molecule has 0 bridgehead atoms. The lowest BCUT2D eigenvalue weighted by Crippen LogP contribution is -2.42. The quantitative estimate of drug-likeness (QED) is 0.921. The van der Waals surface area contributed by atoms with E-state index < -0.39 is 11.6 Å². The Labute approximate surface area is 114 Å². The van der Waals surface area contributed by atoms with Crippen molar-refractivity contribution in [2.45, 2.75) is 6.54 Å². The predicted molar refractivity (Wildman–Crippen MR) is 67.8 cm³/mol. The fourth-order valence-electron chi connectivity index (χ4n) is 2.18. The van der Waals surface area contributed by atoms with E-state index in [0.717, 1.165) is 32.2 Å². The summed E-state index contributed by atoms with van der Waals surface area (Å²) in [7, 11) is 0. The highest BCUT2D eigenvalue weighted by atomic mass is 19.1. The number of aromatic nitrogens is 2. The molecule has 0 radical (unpaired) electrons. The molecule has 1 saturated heterocycles. The Bertz CT molecular complexity index is 576. The van der Waals surface area contributed by atoms with Gasteiger partial charge in [-0.2, -0.15) is 4.98 Å². The van der Waals surface area contributed by atoms with Crippen LogP contribution in [0.5, 0.6) is 0 Å². The zero-order valence-electron chi connectivity index (χ0n) is 10.8. The van der Waals surface area contributed by atoms with Crippen LogP contribution >= 0.6 is 0 Å². The van der Waals surface area contributed by atoms with Crippen LogP contribution in [0.1, 0.15) is 5.89 Å². The van der Waals surface area contributed by atoms with E-state index in [-0.39, 0.29) is 11.4 Å². The normalized spacial score (nSPS) is 16.5. The summed E-state index contributed by atoms with van der Waals surface area (Å²) in [5.41, 5.74) is 0.276. The molecule has 106 valence electrons. The van der Waals surface area contributed by atoms with Crippen LogP contribution < -0.4 is 5.32 Å². The van der Waals surface area contributed by atoms with Gasteiger partial charge in [0.05, 0.1) is 6.54 Å². The Morgan fingerprint density at radius 1 is 1.15 bits per heavy atom. The van der Waals surface area contributed by atoms with Crippen molar-refractivity contribution in [2.75, 3.05) is 26.2 Å². The summed E-state index contributed by atoms with van der Waals surface area (Å²) in [5.74, 6) is -0.665. The molecule has 3 rings (SSSR count). The Kier molecular flexibility index (Phi) is 3.70. The van der Waals surface area contributed by atoms with Gasteiger partial charge in [-0.1, -0.05) is 5.16 Å². The zero-order chi connectivity index (χ0) is 13.9. The number of hydrogen-bond acceptors (Lipinski definition) is 5. The fourth-order valence-corrected chi connectivity index (χ4v) is 2.18. The minimum atomic E-state index is -0.659. The van der Waals surface area contributed by atoms with Gasteiger partial charge in [-0.3, -0.25) is 4.90 Å². The number of nitrogens with zero attached hydrogens (tertiary/aromatic N) is 3. The first-order chi connectivity index (χ1) is 9.70. The largest absolute Gasteiger partial charge is 0.338 e. The van der Waals surface area contributed by atoms with Crippen LogP contribution in [0.25, 0.3) is 11.4 Å². The zero-order valence-corrected chi connectivity index (χ0v) is 10.8. The van der Waals surface area contributed by atoms with E-state index in [0.29, 0.717) is 12.4 Å². The van der Waals surface area contributed by atoms with Crippen molar-refractivity contribution >= 4 is 0 Å². The lowest BCUT2D eigenvalue weighted by atomic mass is 10.2. The van der Waals surface area contributed by atoms with E-state index >= 15 is 0 Å². The van der Waals surface area contributed by atoms with Crippen molar-refractivity contribution < 1.29 is 13.3 Å². The first-order valence-electron chi connectivity index (χ1n) is 6.43. The highest BCUT2D eigenvalue weighted by Crippen LogP contribution is 2.19. The standard InChI is InChI=1S/C13H14F2N4O/c14-10-5-9(6-11(15)7-10)13-17-12(20-18-13)8-19-3-1-16-2-4-19/h5-7,16H,1-4,8H2. The summed E-state index contributed by atoms with van der Waals surface area (Å²) in [6.07, 6.45) is 0. The number of nitrogens with one attached hydrogen (secondary N) is 1. The molecule has 1 aromatic heterocycles. The Morgan fingerprint density at radius 2 is 1.85 bits per heavy atom. The molecule has 0 unspecified atom stereocenters. The Balaban J connectivity index is 1.75. The van der Waals surface area contributed by atoms with E-state index in [4.69, 9.17) is 4.52 Å². The lowest BCUT2D eigenvalue weighted by molar-refractivity contribution is 0.203. The third kappa shape index (κ3) is 3.00. The molecule has 5 nitrogen and oxygen atoms in total. The highest BCUT2D eigenvalue weighted by molar-refractivity contribution is 5.54. The SMILES string of the molecule is Fc1cc(F)cc(-c2noc(CN3CCNCC3)n2)c1. The second-order valence-corrected chi connectivity index (χ2v) is 4.70. The molecule has 0 amide bonds. The molecular weight excluding hydrogens is 266 g/mol. The van der Waals surface area contributed by atoms with E-state index in [1.165, 1.54) is 12.1 Å². The second-order valence-electron chi connectivity index (χ2n) is 4.70. The van der Waals surface area contributed by atoms with Gasteiger partial charge in [0.2, 0.25) is 11.7 Å². The van der Waals surface area contributed by atoms with Gasteiger partial charge in [-0.25, -0.2) is 8.78 Å². The van der Waals surface area contributed by atoms with Crippen molar-refractivity contribution in [1.82, 2.24) is 20.4 Å². The fraction of sp³-hybridized carbons (Fsp3) is 0.385. The summed E-state index contributed by atoms with van der Waals surface area (Å²) in [6, 6.07) is 3.18. The molecule has 0 spiro atoms. The van der Waals surface area contributed by atoms with Crippen LogP contribution in [0.4, 0.5) is 8.78 Å². The topological polar surface area (TPSA) is 54.2 Å². The first-order valence-corrected chi connectivity index (χ1v) is 6.43. The minimum absolute atomic E-state index is 0.202. The van der Waals surface area contributed by atoms with Crippen LogP contribution in [-0.4, -0.2) is 41.2 Å². The molecule has 1 fully saturated rings. The number of halogens is 2. The molecule has 20 heavy (non-hydrogen) atoms. The van der Waals surface area contributed by atoms with Crippen LogP contribution in [0.2, 0.25) is 0 Å². The maximum Gasteiger partial charge on any atom is 0.241 e. The van der Waals surface area contributed by atoms with Crippen molar-refractivity contribution in [2.24, 2.45) is 0 Å². The molecule has 1 aromatic carbocycles. The average molecular weight is 280 g/mol. The smallest absolute Gasteiger partial charge is 0.241 e. The minimum Gasteiger partial charge on any atom is -0.338 e. The van der Waals surface area contributed by atoms with Gasteiger partial charge in [0.15, 0.2) is 0 Å². The summed E-state index contributed by atoms with van der Waals surface area (Å²) in [6.45, 7) is 4.22. The molecule has 0 saturated carbocycles.